The molecule has 0 aromatic heterocycles. The van der Waals surface area contributed by atoms with Crippen LogP contribution >= 0.6 is 0 Å². The van der Waals surface area contributed by atoms with Gasteiger partial charge in [-0.25, -0.2) is 9.59 Å². The van der Waals surface area contributed by atoms with Crippen molar-refractivity contribution in [3.8, 4) is 0 Å². The van der Waals surface area contributed by atoms with Crippen LogP contribution in [0.25, 0.3) is 0 Å². The second-order valence-corrected chi connectivity index (χ2v) is 6.19. The molecular formula is C21H36O4. The Kier molecular flexibility index (Phi) is 17.6. The number of carbonyl (C=O) groups excluding carboxylic acids is 2. The Morgan fingerprint density at radius 2 is 1.12 bits per heavy atom. The van der Waals surface area contributed by atoms with Crippen LogP contribution in [0, 0.1) is 0 Å². The van der Waals surface area contributed by atoms with Crippen molar-refractivity contribution in [2.45, 2.75) is 84.5 Å². The Morgan fingerprint density at radius 1 is 0.640 bits per heavy atom. The van der Waals surface area contributed by atoms with Crippen molar-refractivity contribution in [1.82, 2.24) is 0 Å². The maximum Gasteiger partial charge on any atom is 0.331 e. The number of unbranched alkanes of at least 4 members (excludes halogenated alkanes) is 8. The molecule has 0 rings (SSSR count). The molecule has 0 atom stereocenters. The number of hydrogen-bond donors (Lipinski definition) is 0. The molecule has 0 aliphatic heterocycles. The predicted octanol–water partition coefficient (Wildman–Crippen LogP) is 5.52. The summed E-state index contributed by atoms with van der Waals surface area (Å²) in [5.74, 6) is -0.978. The number of ether oxygens (including phenoxy) is 2. The molecule has 0 saturated carbocycles. The van der Waals surface area contributed by atoms with Crippen molar-refractivity contribution in [2.75, 3.05) is 13.2 Å². The van der Waals surface area contributed by atoms with E-state index in [1.807, 2.05) is 0 Å². The topological polar surface area (TPSA) is 52.6 Å². The molecule has 4 nitrogen and oxygen atoms in total. The minimum Gasteiger partial charge on any atom is -0.463 e. The second kappa shape index (κ2) is 18.8. The highest BCUT2D eigenvalue weighted by Gasteiger charge is 2.01. The fourth-order valence-corrected chi connectivity index (χ4v) is 2.23. The average Bonchev–Trinajstić information content (AvgIpc) is 2.61. The third-order valence-electron chi connectivity index (χ3n) is 3.75. The maximum absolute atomic E-state index is 11.5. The normalized spacial score (nSPS) is 11.3. The van der Waals surface area contributed by atoms with Crippen molar-refractivity contribution >= 4 is 11.9 Å². The van der Waals surface area contributed by atoms with Gasteiger partial charge in [0.25, 0.3) is 0 Å². The van der Waals surface area contributed by atoms with Gasteiger partial charge in [0, 0.05) is 12.2 Å². The van der Waals surface area contributed by atoms with Crippen LogP contribution in [0.2, 0.25) is 0 Å². The zero-order valence-electron chi connectivity index (χ0n) is 16.1. The monoisotopic (exact) mass is 352 g/mol. The fraction of sp³-hybridized carbons (Fsp3) is 0.714. The van der Waals surface area contributed by atoms with E-state index in [0.29, 0.717) is 13.2 Å². The molecule has 0 aromatic carbocycles. The number of hydrogen-bond acceptors (Lipinski definition) is 4. The van der Waals surface area contributed by atoms with Crippen LogP contribution in [-0.4, -0.2) is 25.2 Å². The quantitative estimate of drug-likeness (QED) is 0.159. The van der Waals surface area contributed by atoms with Gasteiger partial charge in [-0.1, -0.05) is 64.5 Å². The third kappa shape index (κ3) is 18.6. The molecule has 0 fully saturated rings. The highest BCUT2D eigenvalue weighted by atomic mass is 16.5. The third-order valence-corrected chi connectivity index (χ3v) is 3.75. The van der Waals surface area contributed by atoms with E-state index in [0.717, 1.165) is 44.3 Å². The number of rotatable bonds is 16. The van der Waals surface area contributed by atoms with Gasteiger partial charge < -0.3 is 9.47 Å². The highest BCUT2D eigenvalue weighted by Crippen LogP contribution is 2.03. The fourth-order valence-electron chi connectivity index (χ4n) is 2.23. The van der Waals surface area contributed by atoms with E-state index in [4.69, 9.17) is 9.47 Å². The van der Waals surface area contributed by atoms with Crippen LogP contribution in [0.5, 0.6) is 0 Å². The van der Waals surface area contributed by atoms with Gasteiger partial charge >= 0.3 is 11.9 Å². The standard InChI is InChI=1S/C21H36O4/c1-3-5-7-9-10-11-13-15-19-25-21(23)17-16-20(22)24-18-14-12-8-6-4-2/h10-11,16-17H,3-9,12-15,18-19H2,1-2H3/b11-10+,17-16+. The van der Waals surface area contributed by atoms with Crippen LogP contribution in [0.4, 0.5) is 0 Å². The van der Waals surface area contributed by atoms with Crippen LogP contribution in [0.1, 0.15) is 84.5 Å². The Labute approximate surface area is 153 Å². The molecule has 0 radical (unpaired) electrons. The Bertz CT molecular complexity index is 385. The van der Waals surface area contributed by atoms with Gasteiger partial charge in [0.1, 0.15) is 0 Å². The molecular weight excluding hydrogens is 316 g/mol. The minimum atomic E-state index is -0.494. The first-order chi connectivity index (χ1) is 12.2. The van der Waals surface area contributed by atoms with Gasteiger partial charge in [-0.15, -0.1) is 0 Å². The summed E-state index contributed by atoms with van der Waals surface area (Å²) in [4.78, 5) is 22.9. The lowest BCUT2D eigenvalue weighted by molar-refractivity contribution is -0.140. The summed E-state index contributed by atoms with van der Waals surface area (Å²) in [6.45, 7) is 5.14. The first-order valence-corrected chi connectivity index (χ1v) is 9.87. The lowest BCUT2D eigenvalue weighted by atomic mass is 10.2. The van der Waals surface area contributed by atoms with Gasteiger partial charge in [0.15, 0.2) is 0 Å². The van der Waals surface area contributed by atoms with E-state index >= 15 is 0 Å². The molecule has 0 aliphatic carbocycles. The van der Waals surface area contributed by atoms with E-state index in [1.54, 1.807) is 0 Å². The van der Waals surface area contributed by atoms with Crippen LogP contribution in [-0.2, 0) is 19.1 Å². The molecule has 0 amide bonds. The molecule has 144 valence electrons. The molecule has 0 unspecified atom stereocenters. The van der Waals surface area contributed by atoms with Gasteiger partial charge in [-0.2, -0.15) is 0 Å². The summed E-state index contributed by atoms with van der Waals surface area (Å²) < 4.78 is 10.1. The molecule has 0 N–H and O–H groups in total. The summed E-state index contributed by atoms with van der Waals surface area (Å²) in [6, 6.07) is 0. The maximum atomic E-state index is 11.5. The van der Waals surface area contributed by atoms with E-state index in [-0.39, 0.29) is 0 Å². The van der Waals surface area contributed by atoms with Gasteiger partial charge in [0.05, 0.1) is 13.2 Å². The SMILES string of the molecule is CCCCC/C=C/CCCOC(=O)/C=C/C(=O)OCCCCCCC. The number of esters is 2. The van der Waals surface area contributed by atoms with E-state index in [1.165, 1.54) is 38.5 Å². The molecule has 25 heavy (non-hydrogen) atoms. The summed E-state index contributed by atoms with van der Waals surface area (Å²) in [7, 11) is 0. The first kappa shape index (κ1) is 23.4. The van der Waals surface area contributed by atoms with Gasteiger partial charge in [-0.05, 0) is 32.1 Å². The predicted molar refractivity (Wildman–Crippen MR) is 102 cm³/mol. The van der Waals surface area contributed by atoms with Crippen molar-refractivity contribution < 1.29 is 19.1 Å². The summed E-state index contributed by atoms with van der Waals surface area (Å²) in [5.41, 5.74) is 0. The van der Waals surface area contributed by atoms with Crippen molar-refractivity contribution in [2.24, 2.45) is 0 Å². The summed E-state index contributed by atoms with van der Waals surface area (Å²) in [5, 5.41) is 0. The second-order valence-electron chi connectivity index (χ2n) is 6.19. The molecule has 0 bridgehead atoms. The van der Waals surface area contributed by atoms with Crippen molar-refractivity contribution in [3.05, 3.63) is 24.3 Å². The van der Waals surface area contributed by atoms with Gasteiger partial charge in [-0.3, -0.25) is 0 Å². The van der Waals surface area contributed by atoms with Crippen molar-refractivity contribution in [3.63, 3.8) is 0 Å². The summed E-state index contributed by atoms with van der Waals surface area (Å²) >= 11 is 0. The average molecular weight is 353 g/mol. The zero-order valence-corrected chi connectivity index (χ0v) is 16.1. The van der Waals surface area contributed by atoms with Crippen molar-refractivity contribution in [1.29, 1.82) is 0 Å². The number of allylic oxidation sites excluding steroid dienone is 2. The molecule has 0 spiro atoms. The largest absolute Gasteiger partial charge is 0.463 e. The smallest absolute Gasteiger partial charge is 0.331 e. The Hall–Kier alpha value is -1.58. The van der Waals surface area contributed by atoms with Crippen LogP contribution in [0.3, 0.4) is 0 Å². The van der Waals surface area contributed by atoms with Crippen LogP contribution < -0.4 is 0 Å². The van der Waals surface area contributed by atoms with E-state index in [2.05, 4.69) is 26.0 Å². The highest BCUT2D eigenvalue weighted by molar-refractivity contribution is 5.91. The number of carbonyl (C=O) groups is 2. The van der Waals surface area contributed by atoms with E-state index in [9.17, 15) is 9.59 Å². The van der Waals surface area contributed by atoms with Gasteiger partial charge in [0.2, 0.25) is 0 Å². The molecule has 0 saturated heterocycles. The molecule has 4 heteroatoms. The Morgan fingerprint density at radius 3 is 1.72 bits per heavy atom. The Balaban J connectivity index is 3.54. The lowest BCUT2D eigenvalue weighted by Crippen LogP contribution is -2.06. The first-order valence-electron chi connectivity index (χ1n) is 9.87. The van der Waals surface area contributed by atoms with Crippen LogP contribution in [0.15, 0.2) is 24.3 Å². The molecule has 0 aromatic rings. The molecule has 0 aliphatic rings. The lowest BCUT2D eigenvalue weighted by Gasteiger charge is -2.02. The minimum absolute atomic E-state index is 0.370. The van der Waals surface area contributed by atoms with E-state index < -0.39 is 11.9 Å². The summed E-state index contributed by atoms with van der Waals surface area (Å²) in [6.07, 6.45) is 18.7. The molecule has 0 heterocycles. The zero-order chi connectivity index (χ0) is 18.6.